The standard InChI is InChI=1S/C24H23N3O2/c1-16-8-10-22(11-9-16)27-17(2)12-19(18(27)3)13-20(15-25)24(28)26-21-6-5-7-23(14-21)29-4/h5-14H,1-4H3,(H,26,28)/b20-13-. The number of benzene rings is 2. The van der Waals surface area contributed by atoms with Gasteiger partial charge in [-0.2, -0.15) is 5.26 Å². The predicted molar refractivity (Wildman–Crippen MR) is 115 cm³/mol. The Morgan fingerprint density at radius 3 is 2.48 bits per heavy atom. The van der Waals surface area contributed by atoms with Crippen molar-refractivity contribution in [2.75, 3.05) is 12.4 Å². The van der Waals surface area contributed by atoms with E-state index in [2.05, 4.69) is 34.1 Å². The average Bonchev–Trinajstić information content (AvgIpc) is 3.00. The fraction of sp³-hybridized carbons (Fsp3) is 0.167. The monoisotopic (exact) mass is 385 g/mol. The molecule has 1 heterocycles. The van der Waals surface area contributed by atoms with Crippen LogP contribution >= 0.6 is 0 Å². The number of nitrogens with zero attached hydrogens (tertiary/aromatic N) is 2. The third-order valence-electron chi connectivity index (χ3n) is 4.75. The number of ether oxygens (including phenoxy) is 1. The van der Waals surface area contributed by atoms with Crippen LogP contribution in [-0.4, -0.2) is 17.6 Å². The van der Waals surface area contributed by atoms with Crippen molar-refractivity contribution in [2.24, 2.45) is 0 Å². The minimum absolute atomic E-state index is 0.0389. The summed E-state index contributed by atoms with van der Waals surface area (Å²) in [5.41, 5.74) is 5.68. The van der Waals surface area contributed by atoms with E-state index in [-0.39, 0.29) is 5.57 Å². The number of carbonyl (C=O) groups is 1. The highest BCUT2D eigenvalue weighted by atomic mass is 16.5. The second-order valence-corrected chi connectivity index (χ2v) is 6.85. The molecule has 146 valence electrons. The largest absolute Gasteiger partial charge is 0.497 e. The molecule has 0 aliphatic rings. The zero-order valence-corrected chi connectivity index (χ0v) is 17.0. The molecule has 0 spiro atoms. The second-order valence-electron chi connectivity index (χ2n) is 6.85. The molecule has 0 atom stereocenters. The van der Waals surface area contributed by atoms with Crippen molar-refractivity contribution < 1.29 is 9.53 Å². The minimum atomic E-state index is -0.458. The van der Waals surface area contributed by atoms with E-state index in [1.54, 1.807) is 37.5 Å². The number of aryl methyl sites for hydroxylation is 2. The quantitative estimate of drug-likeness (QED) is 0.499. The summed E-state index contributed by atoms with van der Waals surface area (Å²) in [6.45, 7) is 6.04. The molecule has 0 fully saturated rings. The molecule has 0 aliphatic heterocycles. The van der Waals surface area contributed by atoms with Gasteiger partial charge < -0.3 is 14.6 Å². The van der Waals surface area contributed by atoms with Gasteiger partial charge in [-0.1, -0.05) is 23.8 Å². The van der Waals surface area contributed by atoms with E-state index in [1.165, 1.54) is 5.56 Å². The number of amides is 1. The third-order valence-corrected chi connectivity index (χ3v) is 4.75. The van der Waals surface area contributed by atoms with Gasteiger partial charge in [0.1, 0.15) is 17.4 Å². The highest BCUT2D eigenvalue weighted by Crippen LogP contribution is 2.24. The van der Waals surface area contributed by atoms with Crippen molar-refractivity contribution in [1.82, 2.24) is 4.57 Å². The van der Waals surface area contributed by atoms with Gasteiger partial charge in [-0.3, -0.25) is 4.79 Å². The summed E-state index contributed by atoms with van der Waals surface area (Å²) in [6, 6.07) is 19.2. The number of hydrogen-bond donors (Lipinski definition) is 1. The van der Waals surface area contributed by atoms with Crippen molar-refractivity contribution >= 4 is 17.7 Å². The van der Waals surface area contributed by atoms with Crippen molar-refractivity contribution in [3.8, 4) is 17.5 Å². The van der Waals surface area contributed by atoms with Crippen LogP contribution in [-0.2, 0) is 4.79 Å². The number of carbonyl (C=O) groups excluding carboxylic acids is 1. The van der Waals surface area contributed by atoms with Crippen molar-refractivity contribution in [1.29, 1.82) is 5.26 Å². The average molecular weight is 385 g/mol. The lowest BCUT2D eigenvalue weighted by atomic mass is 10.1. The fourth-order valence-corrected chi connectivity index (χ4v) is 3.23. The smallest absolute Gasteiger partial charge is 0.266 e. The first-order valence-electron chi connectivity index (χ1n) is 9.26. The molecule has 1 N–H and O–H groups in total. The van der Waals surface area contributed by atoms with E-state index in [4.69, 9.17) is 4.74 Å². The van der Waals surface area contributed by atoms with Crippen LogP contribution in [0.5, 0.6) is 5.75 Å². The first kappa shape index (κ1) is 20.0. The summed E-state index contributed by atoms with van der Waals surface area (Å²) in [4.78, 5) is 12.6. The summed E-state index contributed by atoms with van der Waals surface area (Å²) in [5.74, 6) is 0.174. The zero-order chi connectivity index (χ0) is 21.0. The number of aromatic nitrogens is 1. The number of anilines is 1. The van der Waals surface area contributed by atoms with Crippen LogP contribution in [0.4, 0.5) is 5.69 Å². The maximum Gasteiger partial charge on any atom is 0.266 e. The van der Waals surface area contributed by atoms with E-state index in [1.807, 2.05) is 32.9 Å². The Bertz CT molecular complexity index is 1120. The molecule has 1 aromatic heterocycles. The highest BCUT2D eigenvalue weighted by molar-refractivity contribution is 6.09. The number of nitrogens with one attached hydrogen (secondary N) is 1. The maximum absolute atomic E-state index is 12.6. The Kier molecular flexibility index (Phi) is 5.85. The van der Waals surface area contributed by atoms with Crippen molar-refractivity contribution in [3.63, 3.8) is 0 Å². The van der Waals surface area contributed by atoms with Crippen LogP contribution in [0.3, 0.4) is 0 Å². The maximum atomic E-state index is 12.6. The van der Waals surface area contributed by atoms with Crippen LogP contribution in [0, 0.1) is 32.1 Å². The molecule has 0 unspecified atom stereocenters. The van der Waals surface area contributed by atoms with Crippen LogP contribution in [0.1, 0.15) is 22.5 Å². The fourth-order valence-electron chi connectivity index (χ4n) is 3.23. The molecule has 2 aromatic carbocycles. The molecule has 0 bridgehead atoms. The molecule has 0 saturated carbocycles. The van der Waals surface area contributed by atoms with Crippen molar-refractivity contribution in [3.05, 3.63) is 82.7 Å². The molecule has 5 nitrogen and oxygen atoms in total. The number of methoxy groups -OCH3 is 1. The lowest BCUT2D eigenvalue weighted by Crippen LogP contribution is -2.13. The molecule has 0 radical (unpaired) electrons. The summed E-state index contributed by atoms with van der Waals surface area (Å²) in [5, 5.41) is 12.3. The normalized spacial score (nSPS) is 11.1. The molecule has 29 heavy (non-hydrogen) atoms. The molecule has 5 heteroatoms. The summed E-state index contributed by atoms with van der Waals surface area (Å²) >= 11 is 0. The van der Waals surface area contributed by atoms with Gasteiger partial charge in [0.15, 0.2) is 0 Å². The number of rotatable bonds is 5. The van der Waals surface area contributed by atoms with Gasteiger partial charge in [-0.05, 0) is 62.7 Å². The highest BCUT2D eigenvalue weighted by Gasteiger charge is 2.14. The summed E-state index contributed by atoms with van der Waals surface area (Å²) in [7, 11) is 1.56. The number of hydrogen-bond acceptors (Lipinski definition) is 3. The van der Waals surface area contributed by atoms with Crippen LogP contribution in [0.25, 0.3) is 11.8 Å². The van der Waals surface area contributed by atoms with Crippen LogP contribution < -0.4 is 10.1 Å². The molecule has 0 aliphatic carbocycles. The first-order valence-corrected chi connectivity index (χ1v) is 9.26. The topological polar surface area (TPSA) is 67.0 Å². The van der Waals surface area contributed by atoms with Gasteiger partial charge in [0.2, 0.25) is 0 Å². The Labute approximate surface area is 170 Å². The van der Waals surface area contributed by atoms with Gasteiger partial charge in [0, 0.05) is 28.8 Å². The lowest BCUT2D eigenvalue weighted by Gasteiger charge is -2.10. The Morgan fingerprint density at radius 1 is 1.10 bits per heavy atom. The van der Waals surface area contributed by atoms with E-state index in [9.17, 15) is 10.1 Å². The van der Waals surface area contributed by atoms with Gasteiger partial charge in [-0.15, -0.1) is 0 Å². The Morgan fingerprint density at radius 2 is 1.83 bits per heavy atom. The van der Waals surface area contributed by atoms with Gasteiger partial charge in [0.25, 0.3) is 5.91 Å². The lowest BCUT2D eigenvalue weighted by molar-refractivity contribution is -0.112. The molecule has 3 rings (SSSR count). The Balaban J connectivity index is 1.91. The van der Waals surface area contributed by atoms with E-state index in [0.29, 0.717) is 11.4 Å². The van der Waals surface area contributed by atoms with Crippen LogP contribution in [0.15, 0.2) is 60.2 Å². The predicted octanol–water partition coefficient (Wildman–Crippen LogP) is 4.96. The molecular weight excluding hydrogens is 362 g/mol. The van der Waals surface area contributed by atoms with E-state index in [0.717, 1.165) is 22.6 Å². The van der Waals surface area contributed by atoms with Gasteiger partial charge >= 0.3 is 0 Å². The van der Waals surface area contributed by atoms with Gasteiger partial charge in [-0.25, -0.2) is 0 Å². The Hall–Kier alpha value is -3.78. The molecule has 3 aromatic rings. The minimum Gasteiger partial charge on any atom is -0.497 e. The van der Waals surface area contributed by atoms with E-state index < -0.39 is 5.91 Å². The molecular formula is C24H23N3O2. The molecule has 0 saturated heterocycles. The summed E-state index contributed by atoms with van der Waals surface area (Å²) in [6.07, 6.45) is 1.63. The zero-order valence-electron chi connectivity index (χ0n) is 17.0. The number of nitriles is 1. The SMILES string of the molecule is COc1cccc(NC(=O)/C(C#N)=C\c2cc(C)n(-c3ccc(C)cc3)c2C)c1. The summed E-state index contributed by atoms with van der Waals surface area (Å²) < 4.78 is 7.28. The second kappa shape index (κ2) is 8.49. The van der Waals surface area contributed by atoms with Crippen molar-refractivity contribution in [2.45, 2.75) is 20.8 Å². The van der Waals surface area contributed by atoms with Crippen LogP contribution in [0.2, 0.25) is 0 Å². The first-order chi connectivity index (χ1) is 13.9. The molecule has 1 amide bonds. The van der Waals surface area contributed by atoms with E-state index >= 15 is 0 Å². The van der Waals surface area contributed by atoms with Gasteiger partial charge in [0.05, 0.1) is 7.11 Å². The third kappa shape index (κ3) is 4.39.